The van der Waals surface area contributed by atoms with E-state index in [2.05, 4.69) is 16.8 Å². The molecule has 1 aromatic rings. The van der Waals surface area contributed by atoms with Crippen LogP contribution in [0.25, 0.3) is 0 Å². The van der Waals surface area contributed by atoms with Crippen molar-refractivity contribution in [3.63, 3.8) is 0 Å². The molecule has 0 aliphatic rings. The molecular formula is C11H10N2O3. The van der Waals surface area contributed by atoms with Crippen molar-refractivity contribution < 1.29 is 14.3 Å². The molecule has 1 rings (SSSR count). The standard InChI is InChI=1S/C11H10N2O3/c1-2-16-11(15)9-5-3-4-8(13-9)6-7-10(12)14/h3-5H,2H2,1H3,(H2,12,14). The van der Waals surface area contributed by atoms with Gasteiger partial charge in [0, 0.05) is 5.92 Å². The smallest absolute Gasteiger partial charge is 0.356 e. The Labute approximate surface area is 92.6 Å². The van der Waals surface area contributed by atoms with Crippen LogP contribution in [0.1, 0.15) is 23.1 Å². The van der Waals surface area contributed by atoms with Gasteiger partial charge in [0.2, 0.25) is 0 Å². The first-order chi connectivity index (χ1) is 7.63. The van der Waals surface area contributed by atoms with Crippen LogP contribution in [0.3, 0.4) is 0 Å². The van der Waals surface area contributed by atoms with E-state index in [1.807, 2.05) is 0 Å². The van der Waals surface area contributed by atoms with Crippen molar-refractivity contribution in [2.75, 3.05) is 6.61 Å². The van der Waals surface area contributed by atoms with Crippen molar-refractivity contribution in [2.24, 2.45) is 5.73 Å². The number of esters is 1. The monoisotopic (exact) mass is 218 g/mol. The molecule has 16 heavy (non-hydrogen) atoms. The van der Waals surface area contributed by atoms with Gasteiger partial charge >= 0.3 is 5.97 Å². The summed E-state index contributed by atoms with van der Waals surface area (Å²) in [5.74, 6) is 3.30. The quantitative estimate of drug-likeness (QED) is 0.563. The number of nitrogens with zero attached hydrogens (tertiary/aromatic N) is 1. The molecule has 0 spiro atoms. The summed E-state index contributed by atoms with van der Waals surface area (Å²) >= 11 is 0. The summed E-state index contributed by atoms with van der Waals surface area (Å²) < 4.78 is 4.77. The summed E-state index contributed by atoms with van der Waals surface area (Å²) in [6.07, 6.45) is 0. The predicted octanol–water partition coefficient (Wildman–Crippen LogP) is 0.0951. The Bertz CT molecular complexity index is 472. The van der Waals surface area contributed by atoms with Gasteiger partial charge in [-0.25, -0.2) is 9.78 Å². The summed E-state index contributed by atoms with van der Waals surface area (Å²) in [6, 6.07) is 4.68. The van der Waals surface area contributed by atoms with Crippen molar-refractivity contribution in [2.45, 2.75) is 6.92 Å². The highest BCUT2D eigenvalue weighted by Gasteiger charge is 2.07. The van der Waals surface area contributed by atoms with E-state index in [9.17, 15) is 9.59 Å². The zero-order chi connectivity index (χ0) is 12.0. The second kappa shape index (κ2) is 5.51. The maximum Gasteiger partial charge on any atom is 0.356 e. The molecule has 1 aromatic heterocycles. The van der Waals surface area contributed by atoms with E-state index in [4.69, 9.17) is 10.5 Å². The van der Waals surface area contributed by atoms with Gasteiger partial charge in [-0.05, 0) is 25.0 Å². The Morgan fingerprint density at radius 1 is 1.50 bits per heavy atom. The molecule has 0 radical (unpaired) electrons. The summed E-state index contributed by atoms with van der Waals surface area (Å²) in [6.45, 7) is 1.98. The molecule has 0 aliphatic carbocycles. The zero-order valence-corrected chi connectivity index (χ0v) is 8.69. The van der Waals surface area contributed by atoms with Crippen LogP contribution in [0.4, 0.5) is 0 Å². The minimum Gasteiger partial charge on any atom is -0.461 e. The fourth-order valence-corrected chi connectivity index (χ4v) is 0.949. The van der Waals surface area contributed by atoms with Crippen molar-refractivity contribution in [1.82, 2.24) is 4.98 Å². The van der Waals surface area contributed by atoms with E-state index in [1.165, 1.54) is 6.07 Å². The Kier molecular flexibility index (Phi) is 4.04. The van der Waals surface area contributed by atoms with Crippen molar-refractivity contribution in [3.8, 4) is 11.8 Å². The molecule has 0 unspecified atom stereocenters. The maximum atomic E-state index is 11.3. The molecule has 0 aromatic carbocycles. The predicted molar refractivity (Wildman–Crippen MR) is 56.3 cm³/mol. The average Bonchev–Trinajstić information content (AvgIpc) is 2.27. The number of nitrogens with two attached hydrogens (primary N) is 1. The highest BCUT2D eigenvalue weighted by molar-refractivity contribution is 5.92. The number of carbonyl (C=O) groups excluding carboxylic acids is 2. The third kappa shape index (κ3) is 3.42. The largest absolute Gasteiger partial charge is 0.461 e. The van der Waals surface area contributed by atoms with E-state index >= 15 is 0 Å². The molecule has 0 saturated heterocycles. The van der Waals surface area contributed by atoms with E-state index < -0.39 is 11.9 Å². The number of primary amides is 1. The summed E-state index contributed by atoms with van der Waals surface area (Å²) in [5.41, 5.74) is 5.30. The summed E-state index contributed by atoms with van der Waals surface area (Å²) in [7, 11) is 0. The van der Waals surface area contributed by atoms with Crippen LogP contribution in [-0.4, -0.2) is 23.5 Å². The van der Waals surface area contributed by atoms with E-state index in [0.29, 0.717) is 5.69 Å². The molecule has 5 heteroatoms. The van der Waals surface area contributed by atoms with Gasteiger partial charge in [0.25, 0.3) is 5.91 Å². The molecule has 5 nitrogen and oxygen atoms in total. The number of pyridine rings is 1. The number of hydrogen-bond acceptors (Lipinski definition) is 4. The highest BCUT2D eigenvalue weighted by atomic mass is 16.5. The number of amides is 1. The molecule has 1 amide bonds. The number of carbonyl (C=O) groups is 2. The average molecular weight is 218 g/mol. The van der Waals surface area contributed by atoms with Gasteiger partial charge in [0.15, 0.2) is 0 Å². The Hall–Kier alpha value is -2.35. The normalized spacial score (nSPS) is 8.81. The zero-order valence-electron chi connectivity index (χ0n) is 8.69. The van der Waals surface area contributed by atoms with Crippen LogP contribution in [0.15, 0.2) is 18.2 Å². The Morgan fingerprint density at radius 2 is 2.25 bits per heavy atom. The molecule has 0 atom stereocenters. The minimum atomic E-state index is -0.747. The lowest BCUT2D eigenvalue weighted by Gasteiger charge is -2.00. The fourth-order valence-electron chi connectivity index (χ4n) is 0.949. The SMILES string of the molecule is CCOC(=O)c1cccc(C#CC(N)=O)n1. The lowest BCUT2D eigenvalue weighted by atomic mass is 10.3. The van der Waals surface area contributed by atoms with Gasteiger partial charge in [-0.1, -0.05) is 6.07 Å². The highest BCUT2D eigenvalue weighted by Crippen LogP contribution is 2.00. The minimum absolute atomic E-state index is 0.151. The molecule has 0 fully saturated rings. The van der Waals surface area contributed by atoms with Crippen LogP contribution in [0.5, 0.6) is 0 Å². The third-order valence-corrected chi connectivity index (χ3v) is 1.55. The van der Waals surface area contributed by atoms with E-state index in [-0.39, 0.29) is 12.3 Å². The van der Waals surface area contributed by atoms with Gasteiger partial charge in [-0.3, -0.25) is 4.79 Å². The molecule has 0 aliphatic heterocycles. The van der Waals surface area contributed by atoms with Gasteiger partial charge < -0.3 is 10.5 Å². The maximum absolute atomic E-state index is 11.3. The second-order valence-electron chi connectivity index (χ2n) is 2.74. The van der Waals surface area contributed by atoms with Crippen molar-refractivity contribution in [3.05, 3.63) is 29.6 Å². The molecular weight excluding hydrogens is 208 g/mol. The van der Waals surface area contributed by atoms with Crippen LogP contribution >= 0.6 is 0 Å². The van der Waals surface area contributed by atoms with Crippen molar-refractivity contribution in [1.29, 1.82) is 0 Å². The second-order valence-corrected chi connectivity index (χ2v) is 2.74. The van der Waals surface area contributed by atoms with Crippen LogP contribution < -0.4 is 5.73 Å². The number of hydrogen-bond donors (Lipinski definition) is 1. The van der Waals surface area contributed by atoms with Gasteiger partial charge in [-0.15, -0.1) is 0 Å². The Morgan fingerprint density at radius 3 is 2.88 bits per heavy atom. The van der Waals surface area contributed by atoms with Crippen LogP contribution in [0, 0.1) is 11.8 Å². The van der Waals surface area contributed by atoms with Crippen molar-refractivity contribution >= 4 is 11.9 Å². The first-order valence-corrected chi connectivity index (χ1v) is 4.59. The van der Waals surface area contributed by atoms with E-state index in [1.54, 1.807) is 19.1 Å². The van der Waals surface area contributed by atoms with Crippen LogP contribution in [0.2, 0.25) is 0 Å². The summed E-state index contributed by atoms with van der Waals surface area (Å²) in [5, 5.41) is 0. The van der Waals surface area contributed by atoms with Gasteiger partial charge in [-0.2, -0.15) is 0 Å². The van der Waals surface area contributed by atoms with Crippen LogP contribution in [-0.2, 0) is 9.53 Å². The first-order valence-electron chi connectivity index (χ1n) is 4.59. The molecule has 0 bridgehead atoms. The fraction of sp³-hybridized carbons (Fsp3) is 0.182. The molecule has 2 N–H and O–H groups in total. The Balaban J connectivity index is 2.92. The van der Waals surface area contributed by atoms with Gasteiger partial charge in [0.05, 0.1) is 6.61 Å². The van der Waals surface area contributed by atoms with Gasteiger partial charge in [0.1, 0.15) is 11.4 Å². The van der Waals surface area contributed by atoms with E-state index in [0.717, 1.165) is 0 Å². The summed E-state index contributed by atoms with van der Waals surface area (Å²) in [4.78, 5) is 25.6. The number of aromatic nitrogens is 1. The molecule has 82 valence electrons. The molecule has 0 saturated carbocycles. The number of ether oxygens (including phenoxy) is 1. The topological polar surface area (TPSA) is 82.3 Å². The molecule has 1 heterocycles. The third-order valence-electron chi connectivity index (χ3n) is 1.55. The lowest BCUT2D eigenvalue weighted by molar-refractivity contribution is -0.112. The lowest BCUT2D eigenvalue weighted by Crippen LogP contribution is -2.08. The first kappa shape index (κ1) is 11.7. The number of rotatable bonds is 2.